The maximum absolute atomic E-state index is 12.0. The van der Waals surface area contributed by atoms with Crippen LogP contribution in [0.1, 0.15) is 16.1 Å². The molecule has 3 rings (SSSR count). The summed E-state index contributed by atoms with van der Waals surface area (Å²) in [5.41, 5.74) is 1.63. The second kappa shape index (κ2) is 6.13. The summed E-state index contributed by atoms with van der Waals surface area (Å²) >= 11 is 5.96. The monoisotopic (exact) mass is 331 g/mol. The first-order valence-corrected chi connectivity index (χ1v) is 7.24. The molecule has 0 aliphatic rings. The molecule has 0 aliphatic heterocycles. The van der Waals surface area contributed by atoms with Crippen molar-refractivity contribution < 1.29 is 4.79 Å². The molecule has 0 saturated heterocycles. The van der Waals surface area contributed by atoms with Gasteiger partial charge in [0.05, 0.1) is 11.9 Å². The van der Waals surface area contributed by atoms with E-state index in [9.17, 15) is 9.59 Å². The molecule has 1 amide bonds. The first-order valence-electron chi connectivity index (χ1n) is 6.86. The minimum Gasteiger partial charge on any atom is -0.347 e. The lowest BCUT2D eigenvalue weighted by atomic mass is 10.3. The molecule has 0 radical (unpaired) electrons. The second-order valence-corrected chi connectivity index (χ2v) is 5.46. The molecule has 8 heteroatoms. The van der Waals surface area contributed by atoms with E-state index >= 15 is 0 Å². The lowest BCUT2D eigenvalue weighted by Crippen LogP contribution is -2.24. The Kier molecular flexibility index (Phi) is 4.03. The zero-order valence-electron chi connectivity index (χ0n) is 12.3. The van der Waals surface area contributed by atoms with E-state index in [1.165, 1.54) is 10.7 Å². The molecule has 0 aliphatic carbocycles. The van der Waals surface area contributed by atoms with Crippen LogP contribution < -0.4 is 10.9 Å². The van der Waals surface area contributed by atoms with Crippen LogP contribution in [0.5, 0.6) is 0 Å². The average Bonchev–Trinajstić information content (AvgIpc) is 3.11. The van der Waals surface area contributed by atoms with Crippen molar-refractivity contribution in [2.75, 3.05) is 0 Å². The molecular formula is C15H14ClN5O2. The molecule has 118 valence electrons. The van der Waals surface area contributed by atoms with Gasteiger partial charge in [0.15, 0.2) is 0 Å². The van der Waals surface area contributed by atoms with Crippen LogP contribution in [-0.2, 0) is 13.6 Å². The van der Waals surface area contributed by atoms with Gasteiger partial charge in [-0.15, -0.1) is 0 Å². The molecule has 0 fully saturated rings. The molecule has 7 nitrogen and oxygen atoms in total. The van der Waals surface area contributed by atoms with Crippen LogP contribution in [0.15, 0.2) is 47.5 Å². The fourth-order valence-corrected chi connectivity index (χ4v) is 2.37. The van der Waals surface area contributed by atoms with Crippen molar-refractivity contribution in [2.45, 2.75) is 6.54 Å². The molecule has 0 atom stereocenters. The number of benzene rings is 1. The predicted molar refractivity (Wildman–Crippen MR) is 85.8 cm³/mol. The van der Waals surface area contributed by atoms with Crippen LogP contribution in [0, 0.1) is 0 Å². The SMILES string of the molecule is Cn1[nH]c(=O)cc1C(=O)NCc1cnn(-c2cccc(Cl)c2)c1. The average molecular weight is 332 g/mol. The third-order valence-corrected chi connectivity index (χ3v) is 3.54. The molecule has 0 unspecified atom stereocenters. The third kappa shape index (κ3) is 3.35. The zero-order chi connectivity index (χ0) is 16.4. The summed E-state index contributed by atoms with van der Waals surface area (Å²) in [6.45, 7) is 0.304. The maximum atomic E-state index is 12.0. The Morgan fingerprint density at radius 1 is 1.39 bits per heavy atom. The molecular weight excluding hydrogens is 318 g/mol. The zero-order valence-corrected chi connectivity index (χ0v) is 13.0. The number of H-pyrrole nitrogens is 1. The van der Waals surface area contributed by atoms with E-state index in [4.69, 9.17) is 11.6 Å². The number of aromatic nitrogens is 4. The largest absolute Gasteiger partial charge is 0.347 e. The lowest BCUT2D eigenvalue weighted by Gasteiger charge is -2.04. The van der Waals surface area contributed by atoms with E-state index in [1.807, 2.05) is 18.3 Å². The van der Waals surface area contributed by atoms with Gasteiger partial charge in [-0.3, -0.25) is 19.4 Å². The van der Waals surface area contributed by atoms with Gasteiger partial charge in [-0.25, -0.2) is 4.68 Å². The second-order valence-electron chi connectivity index (χ2n) is 5.02. The lowest BCUT2D eigenvalue weighted by molar-refractivity contribution is 0.0941. The topological polar surface area (TPSA) is 84.7 Å². The molecule has 23 heavy (non-hydrogen) atoms. The van der Waals surface area contributed by atoms with Gasteiger partial charge in [-0.05, 0) is 18.2 Å². The quantitative estimate of drug-likeness (QED) is 0.759. The van der Waals surface area contributed by atoms with E-state index in [-0.39, 0.29) is 17.2 Å². The van der Waals surface area contributed by atoms with E-state index in [0.717, 1.165) is 11.3 Å². The minimum absolute atomic E-state index is 0.275. The molecule has 2 N–H and O–H groups in total. The number of carbonyl (C=O) groups excluding carboxylic acids is 1. The number of carbonyl (C=O) groups is 1. The first-order chi connectivity index (χ1) is 11.0. The van der Waals surface area contributed by atoms with Crippen molar-refractivity contribution in [1.82, 2.24) is 24.9 Å². The highest BCUT2D eigenvalue weighted by Crippen LogP contribution is 2.14. The maximum Gasteiger partial charge on any atom is 0.269 e. The number of hydrogen-bond acceptors (Lipinski definition) is 3. The van der Waals surface area contributed by atoms with Crippen molar-refractivity contribution in [3.05, 3.63) is 69.4 Å². The highest BCUT2D eigenvalue weighted by Gasteiger charge is 2.11. The van der Waals surface area contributed by atoms with Crippen LogP contribution in [0.4, 0.5) is 0 Å². The molecule has 0 saturated carbocycles. The Balaban J connectivity index is 1.69. The Labute approximate surface area is 136 Å². The van der Waals surface area contributed by atoms with Crippen LogP contribution >= 0.6 is 11.6 Å². The number of rotatable bonds is 4. The van der Waals surface area contributed by atoms with Crippen molar-refractivity contribution in [1.29, 1.82) is 0 Å². The molecule has 0 bridgehead atoms. The van der Waals surface area contributed by atoms with Gasteiger partial charge in [0.1, 0.15) is 5.69 Å². The summed E-state index contributed by atoms with van der Waals surface area (Å²) in [4.78, 5) is 23.2. The normalized spacial score (nSPS) is 10.7. The summed E-state index contributed by atoms with van der Waals surface area (Å²) in [5, 5.41) is 10.1. The summed E-state index contributed by atoms with van der Waals surface area (Å²) in [5.74, 6) is -0.332. The molecule has 0 spiro atoms. The number of aromatic amines is 1. The Morgan fingerprint density at radius 2 is 2.22 bits per heavy atom. The minimum atomic E-state index is -0.332. The molecule has 2 heterocycles. The van der Waals surface area contributed by atoms with Gasteiger partial charge < -0.3 is 5.32 Å². The number of hydrogen-bond donors (Lipinski definition) is 2. The van der Waals surface area contributed by atoms with Gasteiger partial charge in [0, 0.05) is 36.4 Å². The number of nitrogens with one attached hydrogen (secondary N) is 2. The Bertz CT molecular complexity index is 908. The molecule has 1 aromatic carbocycles. The highest BCUT2D eigenvalue weighted by molar-refractivity contribution is 6.30. The smallest absolute Gasteiger partial charge is 0.269 e. The fourth-order valence-electron chi connectivity index (χ4n) is 2.18. The highest BCUT2D eigenvalue weighted by atomic mass is 35.5. The number of aryl methyl sites for hydroxylation is 1. The summed E-state index contributed by atoms with van der Waals surface area (Å²) < 4.78 is 3.06. The van der Waals surface area contributed by atoms with Crippen LogP contribution in [0.3, 0.4) is 0 Å². The third-order valence-electron chi connectivity index (χ3n) is 3.30. The van der Waals surface area contributed by atoms with Crippen LogP contribution in [0.2, 0.25) is 5.02 Å². The van der Waals surface area contributed by atoms with Crippen molar-refractivity contribution in [3.63, 3.8) is 0 Å². The number of nitrogens with zero attached hydrogens (tertiary/aromatic N) is 3. The van der Waals surface area contributed by atoms with Crippen molar-refractivity contribution in [2.24, 2.45) is 7.05 Å². The number of halogens is 1. The first kappa shape index (κ1) is 15.1. The van der Waals surface area contributed by atoms with E-state index in [0.29, 0.717) is 11.6 Å². The Hall–Kier alpha value is -2.80. The van der Waals surface area contributed by atoms with Crippen LogP contribution in [0.25, 0.3) is 5.69 Å². The van der Waals surface area contributed by atoms with Gasteiger partial charge in [0.25, 0.3) is 11.5 Å². The predicted octanol–water partition coefficient (Wildman–Crippen LogP) is 1.48. The number of amides is 1. The van der Waals surface area contributed by atoms with Crippen molar-refractivity contribution >= 4 is 17.5 Å². The standard InChI is InChI=1S/C15H14ClN5O2/c1-20-13(6-14(22)19-20)15(23)17-7-10-8-18-21(9-10)12-4-2-3-11(16)5-12/h2-6,8-9H,7H2,1H3,(H,17,23)(H,19,22). The summed E-state index contributed by atoms with van der Waals surface area (Å²) in [6, 6.07) is 8.57. The molecule has 2 aromatic heterocycles. The van der Waals surface area contributed by atoms with Crippen LogP contribution in [-0.4, -0.2) is 25.5 Å². The van der Waals surface area contributed by atoms with Gasteiger partial charge in [-0.2, -0.15) is 5.10 Å². The van der Waals surface area contributed by atoms with Crippen molar-refractivity contribution in [3.8, 4) is 5.69 Å². The van der Waals surface area contributed by atoms with Gasteiger partial charge in [0.2, 0.25) is 0 Å². The molecule has 3 aromatic rings. The van der Waals surface area contributed by atoms with E-state index < -0.39 is 0 Å². The summed E-state index contributed by atoms with van der Waals surface area (Å²) in [6.07, 6.45) is 3.47. The van der Waals surface area contributed by atoms with E-state index in [2.05, 4.69) is 15.5 Å². The van der Waals surface area contributed by atoms with Gasteiger partial charge in [-0.1, -0.05) is 17.7 Å². The van der Waals surface area contributed by atoms with E-state index in [1.54, 1.807) is 30.1 Å². The Morgan fingerprint density at radius 3 is 2.91 bits per heavy atom. The fraction of sp³-hybridized carbons (Fsp3) is 0.133. The summed E-state index contributed by atoms with van der Waals surface area (Å²) in [7, 11) is 1.60. The van der Waals surface area contributed by atoms with Gasteiger partial charge >= 0.3 is 0 Å².